The van der Waals surface area contributed by atoms with Crippen molar-refractivity contribution < 1.29 is 17.2 Å². The van der Waals surface area contributed by atoms with E-state index in [9.17, 15) is 17.2 Å². The minimum Gasteiger partial charge on any atom is -0.269 e. The van der Waals surface area contributed by atoms with Crippen LogP contribution >= 0.6 is 0 Å². The van der Waals surface area contributed by atoms with Crippen LogP contribution in [0.3, 0.4) is 0 Å². The van der Waals surface area contributed by atoms with Crippen molar-refractivity contribution in [2.24, 2.45) is 0 Å². The molecular weight excluding hydrogens is 380 g/mol. The molecule has 0 fully saturated rings. The number of nitrogens with zero attached hydrogens (tertiary/aromatic N) is 1. The highest BCUT2D eigenvalue weighted by Gasteiger charge is 2.23. The van der Waals surface area contributed by atoms with Crippen LogP contribution in [-0.4, -0.2) is 19.3 Å². The molecule has 0 spiro atoms. The molecule has 0 atom stereocenters. The molecule has 1 aliphatic rings. The Balaban J connectivity index is 1.87. The smallest absolute Gasteiger partial charge is 0.264 e. The molecule has 0 N–H and O–H groups in total. The van der Waals surface area contributed by atoms with Gasteiger partial charge < -0.3 is 0 Å². The van der Waals surface area contributed by atoms with E-state index in [2.05, 4.69) is 0 Å². The number of hydrogen-bond acceptors (Lipinski definition) is 2. The monoisotopic (exact) mass is 397 g/mol. The average Bonchev–Trinajstić information content (AvgIpc) is 2.68. The summed E-state index contributed by atoms with van der Waals surface area (Å²) in [5.74, 6) is -1.36. The lowest BCUT2D eigenvalue weighted by Crippen LogP contribution is -2.39. The first-order chi connectivity index (χ1) is 13.4. The van der Waals surface area contributed by atoms with Gasteiger partial charge in [-0.2, -0.15) is 0 Å². The van der Waals surface area contributed by atoms with Crippen molar-refractivity contribution in [1.29, 1.82) is 0 Å². The Labute approximate surface area is 161 Å². The van der Waals surface area contributed by atoms with Crippen LogP contribution in [0.2, 0.25) is 0 Å². The van der Waals surface area contributed by atoms with Gasteiger partial charge in [0.05, 0.1) is 11.4 Å². The molecule has 1 heterocycles. The summed E-state index contributed by atoms with van der Waals surface area (Å²) in [4.78, 5) is 0.191. The van der Waals surface area contributed by atoms with Crippen LogP contribution in [0.25, 0.3) is 23.4 Å². The molecule has 1 aliphatic heterocycles. The number of halogens is 2. The normalized spacial score (nSPS) is 13.5. The van der Waals surface area contributed by atoms with Crippen LogP contribution in [0.1, 0.15) is 5.56 Å². The average molecular weight is 397 g/mol. The topological polar surface area (TPSA) is 37.4 Å². The summed E-state index contributed by atoms with van der Waals surface area (Å²) in [7, 11) is -3.74. The van der Waals surface area contributed by atoms with Gasteiger partial charge in [-0.05, 0) is 42.0 Å². The minimum absolute atomic E-state index is 0.179. The van der Waals surface area contributed by atoms with Gasteiger partial charge in [-0.1, -0.05) is 42.0 Å². The second-order valence-electron chi connectivity index (χ2n) is 6.65. The predicted octanol–water partition coefficient (Wildman–Crippen LogP) is 3.16. The predicted molar refractivity (Wildman–Crippen MR) is 105 cm³/mol. The Morgan fingerprint density at radius 2 is 1.68 bits per heavy atom. The van der Waals surface area contributed by atoms with E-state index in [0.717, 1.165) is 16.8 Å². The standard InChI is InChI=1S/C22H17F2NO2S/c1-15-5-8-18(9-6-15)28(26,27)25-12-11-16-3-2-4-19(21(16)14-25)20-10-7-17(23)13-22(20)24/h2-11,13-14H,12H2,1H3. The van der Waals surface area contributed by atoms with Gasteiger partial charge in [-0.15, -0.1) is 0 Å². The Morgan fingerprint density at radius 3 is 2.39 bits per heavy atom. The highest BCUT2D eigenvalue weighted by Crippen LogP contribution is 2.22. The molecule has 0 saturated heterocycles. The summed E-state index contributed by atoms with van der Waals surface area (Å²) in [5.41, 5.74) is 1.69. The molecule has 0 unspecified atom stereocenters. The van der Waals surface area contributed by atoms with Gasteiger partial charge in [0.1, 0.15) is 11.6 Å². The van der Waals surface area contributed by atoms with Gasteiger partial charge in [-0.3, -0.25) is 4.31 Å². The van der Waals surface area contributed by atoms with E-state index >= 15 is 0 Å². The van der Waals surface area contributed by atoms with Crippen molar-refractivity contribution >= 4 is 22.3 Å². The molecule has 0 radical (unpaired) electrons. The number of hydrogen-bond donors (Lipinski definition) is 0. The fraction of sp³-hybridized carbons (Fsp3) is 0.0909. The summed E-state index contributed by atoms with van der Waals surface area (Å²) < 4.78 is 54.9. The van der Waals surface area contributed by atoms with Crippen molar-refractivity contribution in [2.75, 3.05) is 6.54 Å². The van der Waals surface area contributed by atoms with Gasteiger partial charge in [-0.25, -0.2) is 17.2 Å². The molecule has 0 amide bonds. The van der Waals surface area contributed by atoms with Crippen molar-refractivity contribution in [2.45, 2.75) is 11.8 Å². The summed E-state index contributed by atoms with van der Waals surface area (Å²) >= 11 is 0. The molecule has 0 saturated carbocycles. The zero-order valence-electron chi connectivity index (χ0n) is 15.1. The second kappa shape index (κ2) is 6.87. The van der Waals surface area contributed by atoms with Crippen LogP contribution in [0.5, 0.6) is 0 Å². The zero-order valence-corrected chi connectivity index (χ0v) is 15.9. The van der Waals surface area contributed by atoms with Crippen LogP contribution < -0.4 is 10.4 Å². The quantitative estimate of drug-likeness (QED) is 0.681. The maximum absolute atomic E-state index is 14.3. The second-order valence-corrected chi connectivity index (χ2v) is 8.54. The third kappa shape index (κ3) is 3.20. The Kier molecular flexibility index (Phi) is 4.51. The van der Waals surface area contributed by atoms with Crippen molar-refractivity contribution in [3.8, 4) is 11.1 Å². The van der Waals surface area contributed by atoms with Crippen LogP contribution in [0, 0.1) is 18.6 Å². The molecule has 28 heavy (non-hydrogen) atoms. The molecule has 0 aliphatic carbocycles. The summed E-state index contributed by atoms with van der Waals surface area (Å²) in [5, 5.41) is 1.38. The number of rotatable bonds is 3. The molecule has 0 bridgehead atoms. The van der Waals surface area contributed by atoms with Crippen molar-refractivity contribution in [3.05, 3.63) is 88.3 Å². The van der Waals surface area contributed by atoms with E-state index in [1.54, 1.807) is 42.5 Å². The molecule has 142 valence electrons. The van der Waals surface area contributed by atoms with Crippen molar-refractivity contribution in [3.63, 3.8) is 0 Å². The molecule has 6 heteroatoms. The molecule has 3 aromatic carbocycles. The molecule has 3 nitrogen and oxygen atoms in total. The Morgan fingerprint density at radius 1 is 0.929 bits per heavy atom. The third-order valence-corrected chi connectivity index (χ3v) is 6.49. The summed E-state index contributed by atoms with van der Waals surface area (Å²) in [6.45, 7) is 2.07. The van der Waals surface area contributed by atoms with Crippen LogP contribution in [-0.2, 0) is 10.0 Å². The zero-order chi connectivity index (χ0) is 19.9. The first kappa shape index (κ1) is 18.4. The fourth-order valence-electron chi connectivity index (χ4n) is 3.25. The van der Waals surface area contributed by atoms with E-state index in [0.29, 0.717) is 10.8 Å². The minimum atomic E-state index is -3.74. The largest absolute Gasteiger partial charge is 0.269 e. The summed E-state index contributed by atoms with van der Waals surface area (Å²) in [6.07, 6.45) is 3.30. The molecule has 3 aromatic rings. The number of benzene rings is 3. The van der Waals surface area contributed by atoms with Crippen molar-refractivity contribution in [1.82, 2.24) is 4.31 Å². The lowest BCUT2D eigenvalue weighted by molar-refractivity contribution is 0.539. The van der Waals surface area contributed by atoms with E-state index in [1.807, 2.05) is 13.0 Å². The van der Waals surface area contributed by atoms with E-state index < -0.39 is 21.7 Å². The highest BCUT2D eigenvalue weighted by molar-refractivity contribution is 7.89. The first-order valence-corrected chi connectivity index (χ1v) is 10.2. The number of aryl methyl sites for hydroxylation is 1. The molecule has 0 aromatic heterocycles. The summed E-state index contributed by atoms with van der Waals surface area (Å²) in [6, 6.07) is 15.3. The molecule has 4 rings (SSSR count). The SMILES string of the molecule is Cc1ccc(S(=O)(=O)N2C=c3c(-c4ccc(F)cc4F)cccc3=CC2)cc1. The maximum Gasteiger partial charge on any atom is 0.264 e. The highest BCUT2D eigenvalue weighted by atomic mass is 32.2. The molecular formula is C22H17F2NO2S. The Bertz CT molecular complexity index is 1280. The van der Waals surface area contributed by atoms with E-state index in [4.69, 9.17) is 0 Å². The van der Waals surface area contributed by atoms with Gasteiger partial charge in [0, 0.05) is 23.0 Å². The van der Waals surface area contributed by atoms with E-state index in [-0.39, 0.29) is 17.0 Å². The van der Waals surface area contributed by atoms with Gasteiger partial charge in [0.15, 0.2) is 0 Å². The number of fused-ring (bicyclic) bond motifs is 1. The third-order valence-electron chi connectivity index (χ3n) is 4.75. The Hall–Kier alpha value is -2.99. The van der Waals surface area contributed by atoms with Gasteiger partial charge in [0.25, 0.3) is 10.0 Å². The fourth-order valence-corrected chi connectivity index (χ4v) is 4.51. The lowest BCUT2D eigenvalue weighted by atomic mass is 10.0. The van der Waals surface area contributed by atoms with Gasteiger partial charge >= 0.3 is 0 Å². The number of sulfonamides is 1. The van der Waals surface area contributed by atoms with E-state index in [1.165, 1.54) is 22.6 Å². The lowest BCUT2D eigenvalue weighted by Gasteiger charge is -2.22. The maximum atomic E-state index is 14.3. The van der Waals surface area contributed by atoms with Crippen LogP contribution in [0.4, 0.5) is 8.78 Å². The van der Waals surface area contributed by atoms with Gasteiger partial charge in [0.2, 0.25) is 0 Å². The first-order valence-electron chi connectivity index (χ1n) is 8.71. The van der Waals surface area contributed by atoms with Crippen LogP contribution in [0.15, 0.2) is 65.6 Å².